The highest BCUT2D eigenvalue weighted by molar-refractivity contribution is 7.83. The van der Waals surface area contributed by atoms with E-state index in [2.05, 4.69) is 10.6 Å². The Morgan fingerprint density at radius 1 is 0.304 bits per heavy atom. The van der Waals surface area contributed by atoms with Gasteiger partial charge < -0.3 is 194 Å². The SMILES string of the molecule is CC(=O)N[C@H]1[C@@H](O[C@H]2[C@H](O)[C@@H](O)[C@H](O[C@H]3[C@H](O)[C@@H](NS(=O)(=O)O)[C@@H](O[C@H]4[C@H](O)[C@@H](O)[C@H](O[C@H]5[C@H](O)[C@@H](NC(C)=O)[C@@H](O[C@H]6[C@H](O)[C@@H](O)[C@H](O[C@H]7[C@H](O)[C@@H](CO)O[C@@H]7CO)O[C@@H]6C(=O)O)O[C@@H]5CO)O[C@@H]4C(=O)O)O[C@@H]3CO)O[C@@H]2C(=O)O)O[C@H](CO)[C@@H](O[C@@H]2O[C@H](C(=O)O)[C@@H](O)[C@H](O)[C@H]2O)[C@@H]1O. The van der Waals surface area contributed by atoms with Gasteiger partial charge in [0.2, 0.25) is 11.8 Å². The van der Waals surface area contributed by atoms with Crippen LogP contribution in [0.25, 0.3) is 0 Å². The molecule has 26 N–H and O–H groups in total. The molecular formula is C52H81N3O46S. The normalized spacial score (nSPS) is 47.2. The highest BCUT2D eigenvalue weighted by atomic mass is 32.2. The highest BCUT2D eigenvalue weighted by Crippen LogP contribution is 2.39. The first-order valence-corrected chi connectivity index (χ1v) is 32.2. The summed E-state index contributed by atoms with van der Waals surface area (Å²) in [7, 11) is -5.66. The molecule has 0 bridgehead atoms. The number of aliphatic hydroxyl groups is 18. The molecule has 2 amide bonds. The van der Waals surface area contributed by atoms with Gasteiger partial charge in [0, 0.05) is 13.8 Å². The van der Waals surface area contributed by atoms with E-state index in [4.69, 9.17) is 71.1 Å². The lowest BCUT2D eigenvalue weighted by Crippen LogP contribution is -2.71. The Hall–Kier alpha value is -4.63. The van der Waals surface area contributed by atoms with Crippen LogP contribution in [0.2, 0.25) is 0 Å². The second kappa shape index (κ2) is 34.5. The standard InChI is InChI=1S/C52H81N3O46S/c1-8(61)53-15-19(64)32(92-49-27(72)22(67)23(68)38(98-49)42(76)77)12(5-58)88-46(15)96-36-25(70)29(74)52(100-40(36)44(80)81)94-34-14(7-60)90-48(17(21(34)66)55-102(84,85)86)97-37-26(71)30(75)51(101-41(37)45(82)83)93-33-13(6-59)89-47(16(20(33)65)54-9(2)62)95-35-24(69)28(73)50(99-39(35)43(78)79)91-31-11(4-57)87-10(3-56)18(31)63/h10-41,46-52,55-60,63-75H,3-7H2,1-2H3,(H,53,61)(H,54,62)(H,76,77)(H,78,79)(H,80,81)(H,82,83)(H,84,85,86)/t10-,11-,12-,13-,14-,15-,16-,17-,18-,19-,20-,21-,22+,23+,24-,25-,26-,27-,28-,29-,30-,31-,32-,33-,34-,35+,36+,37+,38+,39+,40+,41+,46-,47-,48-,49-,50-,51-,52-/m1/s1. The molecule has 39 atom stereocenters. The molecule has 8 heterocycles. The topological polar surface area (TPSA) is 776 Å². The minimum Gasteiger partial charge on any atom is -0.479 e. The number of carboxylic acids is 4. The van der Waals surface area contributed by atoms with Crippen LogP contribution in [0.1, 0.15) is 13.8 Å². The van der Waals surface area contributed by atoms with Gasteiger partial charge >= 0.3 is 34.2 Å². The molecule has 0 saturated carbocycles. The Bertz CT molecular complexity index is 2970. The molecule has 586 valence electrons. The monoisotopic (exact) mass is 1520 g/mol. The van der Waals surface area contributed by atoms with E-state index >= 15 is 0 Å². The maximum absolute atomic E-state index is 13.0. The first-order chi connectivity index (χ1) is 47.8. The van der Waals surface area contributed by atoms with Crippen molar-refractivity contribution in [2.45, 2.75) is 253 Å². The fourth-order valence-corrected chi connectivity index (χ4v) is 13.2. The zero-order valence-electron chi connectivity index (χ0n) is 52.6. The van der Waals surface area contributed by atoms with Crippen molar-refractivity contribution in [3.63, 3.8) is 0 Å². The number of carbonyl (C=O) groups excluding carboxylic acids is 2. The van der Waals surface area contributed by atoms with Gasteiger partial charge in [0.25, 0.3) is 0 Å². The van der Waals surface area contributed by atoms with Gasteiger partial charge in [-0.05, 0) is 0 Å². The van der Waals surface area contributed by atoms with Crippen LogP contribution in [-0.2, 0) is 110 Å². The minimum absolute atomic E-state index is 0.786. The van der Waals surface area contributed by atoms with Crippen LogP contribution in [0.3, 0.4) is 0 Å². The second-order valence-corrected chi connectivity index (χ2v) is 25.6. The van der Waals surface area contributed by atoms with Crippen LogP contribution < -0.4 is 15.4 Å². The summed E-state index contributed by atoms with van der Waals surface area (Å²) < 4.78 is 119. The van der Waals surface area contributed by atoms with E-state index in [9.17, 15) is 154 Å². The second-order valence-electron chi connectivity index (χ2n) is 24.5. The van der Waals surface area contributed by atoms with Crippen molar-refractivity contribution in [3.8, 4) is 0 Å². The van der Waals surface area contributed by atoms with Crippen molar-refractivity contribution >= 4 is 46.0 Å². The smallest absolute Gasteiger partial charge is 0.335 e. The zero-order valence-corrected chi connectivity index (χ0v) is 53.5. The number of nitrogens with one attached hydrogen (secondary N) is 3. The summed E-state index contributed by atoms with van der Waals surface area (Å²) in [6, 6.07) is -6.60. The van der Waals surface area contributed by atoms with Gasteiger partial charge in [-0.3, -0.25) is 14.1 Å². The Kier molecular flexibility index (Phi) is 28.1. The van der Waals surface area contributed by atoms with Crippen molar-refractivity contribution in [1.29, 1.82) is 0 Å². The molecule has 49 nitrogen and oxygen atoms in total. The zero-order chi connectivity index (χ0) is 75.7. The van der Waals surface area contributed by atoms with Crippen LogP contribution >= 0.6 is 0 Å². The minimum atomic E-state index is -5.66. The predicted molar refractivity (Wildman–Crippen MR) is 301 cm³/mol. The third-order valence-electron chi connectivity index (χ3n) is 17.6. The van der Waals surface area contributed by atoms with Gasteiger partial charge in [-0.1, -0.05) is 0 Å². The molecule has 8 fully saturated rings. The van der Waals surface area contributed by atoms with E-state index in [1.807, 2.05) is 0 Å². The van der Waals surface area contributed by atoms with E-state index in [1.165, 1.54) is 4.72 Å². The quantitative estimate of drug-likeness (QED) is 0.0340. The summed E-state index contributed by atoms with van der Waals surface area (Å²) in [5.74, 6) is -10.0. The molecule has 8 aliphatic rings. The fraction of sp³-hybridized carbons (Fsp3) is 0.885. The maximum Gasteiger partial charge on any atom is 0.335 e. The van der Waals surface area contributed by atoms with Gasteiger partial charge in [-0.2, -0.15) is 13.1 Å². The Labute approximate surface area is 571 Å². The van der Waals surface area contributed by atoms with Gasteiger partial charge in [0.1, 0.15) is 171 Å². The van der Waals surface area contributed by atoms with Gasteiger partial charge in [-0.15, -0.1) is 0 Å². The van der Waals surface area contributed by atoms with Crippen molar-refractivity contribution in [2.75, 3.05) is 33.0 Å². The summed E-state index contributed by atoms with van der Waals surface area (Å²) >= 11 is 0. The van der Waals surface area contributed by atoms with Crippen LogP contribution in [-0.4, -0.2) is 433 Å². The molecule has 0 spiro atoms. The maximum atomic E-state index is 13.0. The lowest BCUT2D eigenvalue weighted by molar-refractivity contribution is -0.381. The Morgan fingerprint density at radius 2 is 0.559 bits per heavy atom. The number of ether oxygens (including phenoxy) is 15. The van der Waals surface area contributed by atoms with Gasteiger partial charge in [0.15, 0.2) is 68.4 Å². The number of aliphatic carboxylic acids is 4. The molecule has 8 aliphatic heterocycles. The van der Waals surface area contributed by atoms with Crippen LogP contribution in [0.4, 0.5) is 0 Å². The third kappa shape index (κ3) is 17.8. The van der Waals surface area contributed by atoms with Crippen LogP contribution in [0.15, 0.2) is 0 Å². The van der Waals surface area contributed by atoms with E-state index in [-0.39, 0.29) is 0 Å². The molecule has 0 aromatic rings. The third-order valence-corrected chi connectivity index (χ3v) is 18.2. The number of carbonyl (C=O) groups is 6. The Morgan fingerprint density at radius 3 is 0.843 bits per heavy atom. The van der Waals surface area contributed by atoms with Crippen molar-refractivity contribution in [3.05, 3.63) is 0 Å². The molecular weight excluding hydrogens is 1430 g/mol. The highest BCUT2D eigenvalue weighted by Gasteiger charge is 2.62. The molecule has 0 unspecified atom stereocenters. The average Bonchev–Trinajstić information content (AvgIpc) is 0.856. The molecule has 50 heteroatoms. The number of rotatable bonds is 27. The summed E-state index contributed by atoms with van der Waals surface area (Å²) in [6.45, 7) is -3.75. The average molecular weight is 1520 g/mol. The number of aliphatic hydroxyl groups excluding tert-OH is 18. The van der Waals surface area contributed by atoms with E-state index in [0.717, 1.165) is 13.8 Å². The van der Waals surface area contributed by atoms with E-state index in [1.54, 1.807) is 0 Å². The largest absolute Gasteiger partial charge is 0.479 e. The van der Waals surface area contributed by atoms with E-state index in [0.29, 0.717) is 0 Å². The van der Waals surface area contributed by atoms with Gasteiger partial charge in [0.05, 0.1) is 33.0 Å². The molecule has 0 aliphatic carbocycles. The lowest BCUT2D eigenvalue weighted by Gasteiger charge is -2.50. The van der Waals surface area contributed by atoms with Crippen molar-refractivity contribution < 1.29 is 225 Å². The van der Waals surface area contributed by atoms with E-state index < -0.39 is 318 Å². The molecule has 0 aromatic heterocycles. The molecule has 102 heavy (non-hydrogen) atoms. The van der Waals surface area contributed by atoms with Crippen LogP contribution in [0.5, 0.6) is 0 Å². The Balaban J connectivity index is 0.958. The summed E-state index contributed by atoms with van der Waals surface area (Å²) in [5, 5.41) is 241. The molecule has 8 rings (SSSR count). The molecule has 0 aromatic carbocycles. The summed E-state index contributed by atoms with van der Waals surface area (Å²) in [6.07, 6.45) is -81.5. The lowest BCUT2D eigenvalue weighted by atomic mass is 9.93. The fourth-order valence-electron chi connectivity index (χ4n) is 12.6. The summed E-state index contributed by atoms with van der Waals surface area (Å²) in [4.78, 5) is 75.4. The number of amides is 2. The van der Waals surface area contributed by atoms with Crippen molar-refractivity contribution in [1.82, 2.24) is 15.4 Å². The number of hydrogen-bond donors (Lipinski definition) is 26. The summed E-state index contributed by atoms with van der Waals surface area (Å²) in [5.41, 5.74) is 0. The first-order valence-electron chi connectivity index (χ1n) is 30.7. The first kappa shape index (κ1) is 83.0. The van der Waals surface area contributed by atoms with Crippen LogP contribution in [0, 0.1) is 0 Å². The predicted octanol–water partition coefficient (Wildman–Crippen LogP) is -17.7. The van der Waals surface area contributed by atoms with Gasteiger partial charge in [-0.25, -0.2) is 19.2 Å². The molecule has 8 saturated heterocycles. The van der Waals surface area contributed by atoms with Crippen molar-refractivity contribution in [2.24, 2.45) is 0 Å². The number of hydrogen-bond acceptors (Lipinski definition) is 41. The molecule has 0 radical (unpaired) electrons. The number of carboxylic acid groups (broad SMARTS) is 4.